The van der Waals surface area contributed by atoms with Crippen LogP contribution in [0.5, 0.6) is 5.75 Å². The maximum absolute atomic E-state index is 13.2. The highest BCUT2D eigenvalue weighted by Crippen LogP contribution is 2.25. The molecule has 0 fully saturated rings. The number of hydrogen-bond donors (Lipinski definition) is 1. The van der Waals surface area contributed by atoms with Gasteiger partial charge in [-0.2, -0.15) is 0 Å². The Bertz CT molecular complexity index is 436. The van der Waals surface area contributed by atoms with Gasteiger partial charge in [-0.25, -0.2) is 4.39 Å². The van der Waals surface area contributed by atoms with E-state index in [4.69, 9.17) is 11.6 Å². The third-order valence-corrected chi connectivity index (χ3v) is 2.08. The van der Waals surface area contributed by atoms with Crippen molar-refractivity contribution in [1.82, 2.24) is 5.32 Å². The molecule has 0 atom stereocenters. The molecular formula is C10H8ClF4NO2. The molecule has 0 spiro atoms. The molecule has 8 heteroatoms. The van der Waals surface area contributed by atoms with Gasteiger partial charge in [-0.1, -0.05) is 6.07 Å². The second-order valence-electron chi connectivity index (χ2n) is 3.22. The van der Waals surface area contributed by atoms with Crippen molar-refractivity contribution in [3.05, 3.63) is 29.6 Å². The van der Waals surface area contributed by atoms with Crippen molar-refractivity contribution in [2.75, 3.05) is 5.88 Å². The number of carbonyl (C=O) groups is 1. The lowest BCUT2D eigenvalue weighted by Gasteiger charge is -2.10. The predicted molar refractivity (Wildman–Crippen MR) is 55.6 cm³/mol. The van der Waals surface area contributed by atoms with Gasteiger partial charge in [-0.15, -0.1) is 24.8 Å². The molecule has 0 saturated heterocycles. The summed E-state index contributed by atoms with van der Waals surface area (Å²) < 4.78 is 52.3. The van der Waals surface area contributed by atoms with Crippen LogP contribution in [0.4, 0.5) is 17.6 Å². The van der Waals surface area contributed by atoms with Crippen LogP contribution in [0.15, 0.2) is 18.2 Å². The number of hydrogen-bond acceptors (Lipinski definition) is 2. The van der Waals surface area contributed by atoms with Gasteiger partial charge in [0.1, 0.15) is 5.88 Å². The zero-order valence-corrected chi connectivity index (χ0v) is 9.61. The Morgan fingerprint density at radius 3 is 2.56 bits per heavy atom. The Hall–Kier alpha value is -1.50. The number of amides is 1. The van der Waals surface area contributed by atoms with Crippen molar-refractivity contribution in [2.45, 2.75) is 12.9 Å². The van der Waals surface area contributed by atoms with E-state index < -0.39 is 23.8 Å². The van der Waals surface area contributed by atoms with Crippen LogP contribution in [0, 0.1) is 5.82 Å². The van der Waals surface area contributed by atoms with Gasteiger partial charge in [-0.3, -0.25) is 4.79 Å². The molecule has 1 N–H and O–H groups in total. The fourth-order valence-corrected chi connectivity index (χ4v) is 1.20. The summed E-state index contributed by atoms with van der Waals surface area (Å²) in [6, 6.07) is 2.89. The van der Waals surface area contributed by atoms with E-state index in [0.29, 0.717) is 5.56 Å². The molecule has 1 amide bonds. The highest BCUT2D eigenvalue weighted by Gasteiger charge is 2.32. The van der Waals surface area contributed by atoms with Crippen LogP contribution >= 0.6 is 11.6 Å². The molecule has 1 aromatic rings. The van der Waals surface area contributed by atoms with Crippen LogP contribution in [0.25, 0.3) is 0 Å². The highest BCUT2D eigenvalue weighted by molar-refractivity contribution is 6.27. The molecule has 3 nitrogen and oxygen atoms in total. The maximum Gasteiger partial charge on any atom is 0.573 e. The van der Waals surface area contributed by atoms with Gasteiger partial charge >= 0.3 is 6.36 Å². The summed E-state index contributed by atoms with van der Waals surface area (Å²) in [7, 11) is 0. The van der Waals surface area contributed by atoms with E-state index >= 15 is 0 Å². The fraction of sp³-hybridized carbons (Fsp3) is 0.300. The van der Waals surface area contributed by atoms with Crippen molar-refractivity contribution >= 4 is 17.5 Å². The van der Waals surface area contributed by atoms with Crippen LogP contribution in [0.3, 0.4) is 0 Å². The number of ether oxygens (including phenoxy) is 1. The third-order valence-electron chi connectivity index (χ3n) is 1.83. The molecule has 0 heterocycles. The Kier molecular flexibility index (Phi) is 4.77. The van der Waals surface area contributed by atoms with Crippen molar-refractivity contribution < 1.29 is 27.1 Å². The van der Waals surface area contributed by atoms with Gasteiger partial charge in [0.25, 0.3) is 0 Å². The average molecular weight is 286 g/mol. The molecule has 0 saturated carbocycles. The summed E-state index contributed by atoms with van der Waals surface area (Å²) in [5, 5.41) is 2.34. The first-order chi connectivity index (χ1) is 8.31. The Morgan fingerprint density at radius 2 is 2.06 bits per heavy atom. The monoisotopic (exact) mass is 285 g/mol. The van der Waals surface area contributed by atoms with E-state index in [1.807, 2.05) is 0 Å². The van der Waals surface area contributed by atoms with Crippen LogP contribution in [0.1, 0.15) is 5.56 Å². The number of carbonyl (C=O) groups excluding carboxylic acids is 1. The Labute approximate surface area is 105 Å². The number of halogens is 5. The lowest BCUT2D eigenvalue weighted by Crippen LogP contribution is -2.23. The van der Waals surface area contributed by atoms with Crippen LogP contribution in [0.2, 0.25) is 0 Å². The summed E-state index contributed by atoms with van der Waals surface area (Å²) >= 11 is 5.22. The van der Waals surface area contributed by atoms with Crippen molar-refractivity contribution in [1.29, 1.82) is 0 Å². The molecule has 0 radical (unpaired) electrons. The van der Waals surface area contributed by atoms with Gasteiger partial charge in [0.05, 0.1) is 0 Å². The highest BCUT2D eigenvalue weighted by atomic mass is 35.5. The molecule has 0 unspecified atom stereocenters. The first-order valence-corrected chi connectivity index (χ1v) is 5.22. The van der Waals surface area contributed by atoms with Crippen LogP contribution in [-0.2, 0) is 11.3 Å². The second-order valence-corrected chi connectivity index (χ2v) is 3.49. The summed E-state index contributed by atoms with van der Waals surface area (Å²) in [6.07, 6.45) is -4.95. The molecule has 18 heavy (non-hydrogen) atoms. The number of alkyl halides is 4. The lowest BCUT2D eigenvalue weighted by molar-refractivity contribution is -0.275. The van der Waals surface area contributed by atoms with E-state index in [-0.39, 0.29) is 12.4 Å². The smallest absolute Gasteiger partial charge is 0.403 e. The van der Waals surface area contributed by atoms with E-state index in [2.05, 4.69) is 10.1 Å². The van der Waals surface area contributed by atoms with E-state index in [1.54, 1.807) is 0 Å². The Morgan fingerprint density at radius 1 is 1.39 bits per heavy atom. The van der Waals surface area contributed by atoms with Gasteiger partial charge in [-0.05, 0) is 17.7 Å². The van der Waals surface area contributed by atoms with Crippen molar-refractivity contribution in [3.63, 3.8) is 0 Å². The molecule has 0 aliphatic heterocycles. The van der Waals surface area contributed by atoms with Crippen LogP contribution in [-0.4, -0.2) is 18.1 Å². The normalized spacial score (nSPS) is 11.2. The summed E-state index contributed by atoms with van der Waals surface area (Å²) in [4.78, 5) is 10.8. The minimum absolute atomic E-state index is 0.0330. The van der Waals surface area contributed by atoms with Crippen molar-refractivity contribution in [2.24, 2.45) is 0 Å². The molecule has 0 bridgehead atoms. The molecular weight excluding hydrogens is 278 g/mol. The maximum atomic E-state index is 13.2. The minimum Gasteiger partial charge on any atom is -0.403 e. The number of nitrogens with one attached hydrogen (secondary N) is 1. The zero-order valence-electron chi connectivity index (χ0n) is 8.85. The molecule has 0 aliphatic carbocycles. The SMILES string of the molecule is O=C(CCl)NCc1ccc(OC(F)(F)F)c(F)c1. The predicted octanol–water partition coefficient (Wildman–Crippen LogP) is 2.58. The van der Waals surface area contributed by atoms with Crippen molar-refractivity contribution in [3.8, 4) is 5.75 Å². The van der Waals surface area contributed by atoms with Gasteiger partial charge in [0.2, 0.25) is 5.91 Å². The molecule has 1 aromatic carbocycles. The third kappa shape index (κ3) is 4.79. The summed E-state index contributed by atoms with van der Waals surface area (Å²) in [5.74, 6) is -2.80. The Balaban J connectivity index is 2.70. The van der Waals surface area contributed by atoms with E-state index in [1.165, 1.54) is 6.07 Å². The number of benzene rings is 1. The molecule has 1 rings (SSSR count). The van der Waals surface area contributed by atoms with E-state index in [9.17, 15) is 22.4 Å². The molecule has 0 aliphatic rings. The summed E-state index contributed by atoms with van der Waals surface area (Å²) in [6.45, 7) is -0.0330. The molecule has 0 aromatic heterocycles. The standard InChI is InChI=1S/C10H8ClF4NO2/c11-4-9(17)16-5-6-1-2-8(7(12)3-6)18-10(13,14)15/h1-3H,4-5H2,(H,16,17). The lowest BCUT2D eigenvalue weighted by atomic mass is 10.2. The second kappa shape index (κ2) is 5.90. The minimum atomic E-state index is -4.95. The average Bonchev–Trinajstić information content (AvgIpc) is 2.27. The first kappa shape index (κ1) is 14.6. The van der Waals surface area contributed by atoms with Gasteiger partial charge in [0, 0.05) is 6.54 Å². The zero-order chi connectivity index (χ0) is 13.8. The fourth-order valence-electron chi connectivity index (χ4n) is 1.11. The molecule has 100 valence electrons. The number of rotatable bonds is 4. The van der Waals surface area contributed by atoms with Gasteiger partial charge in [0.15, 0.2) is 11.6 Å². The topological polar surface area (TPSA) is 38.3 Å². The van der Waals surface area contributed by atoms with E-state index in [0.717, 1.165) is 12.1 Å². The first-order valence-electron chi connectivity index (χ1n) is 4.68. The quantitative estimate of drug-likeness (QED) is 0.682. The van der Waals surface area contributed by atoms with Gasteiger partial charge < -0.3 is 10.1 Å². The summed E-state index contributed by atoms with van der Waals surface area (Å²) in [5.41, 5.74) is 0.292. The largest absolute Gasteiger partial charge is 0.573 e. The van der Waals surface area contributed by atoms with Crippen LogP contribution < -0.4 is 10.1 Å².